The van der Waals surface area contributed by atoms with E-state index in [1.807, 2.05) is 22.7 Å². The van der Waals surface area contributed by atoms with Crippen molar-refractivity contribution in [1.82, 2.24) is 9.38 Å². The lowest BCUT2D eigenvalue weighted by Gasteiger charge is -2.20. The lowest BCUT2D eigenvalue weighted by molar-refractivity contribution is 0.0796. The van der Waals surface area contributed by atoms with Crippen LogP contribution in [-0.4, -0.2) is 22.6 Å². The van der Waals surface area contributed by atoms with E-state index in [1.54, 1.807) is 0 Å². The SMILES string of the molecule is Nc1c(C2CCCOC2)nc2ccc(Br)cn12. The van der Waals surface area contributed by atoms with Gasteiger partial charge in [-0.25, -0.2) is 4.98 Å². The van der Waals surface area contributed by atoms with E-state index < -0.39 is 0 Å². The van der Waals surface area contributed by atoms with Crippen LogP contribution in [0.15, 0.2) is 22.8 Å². The number of nitrogens with zero attached hydrogens (tertiary/aromatic N) is 2. The summed E-state index contributed by atoms with van der Waals surface area (Å²) >= 11 is 3.44. The molecule has 2 aromatic heterocycles. The Morgan fingerprint density at radius 2 is 2.35 bits per heavy atom. The topological polar surface area (TPSA) is 52.5 Å². The number of halogens is 1. The van der Waals surface area contributed by atoms with Crippen molar-refractivity contribution in [3.63, 3.8) is 0 Å². The smallest absolute Gasteiger partial charge is 0.138 e. The summed E-state index contributed by atoms with van der Waals surface area (Å²) in [4.78, 5) is 4.61. The predicted molar refractivity (Wildman–Crippen MR) is 70.1 cm³/mol. The maximum Gasteiger partial charge on any atom is 0.138 e. The summed E-state index contributed by atoms with van der Waals surface area (Å²) in [5.41, 5.74) is 8.03. The number of nitrogen functional groups attached to an aromatic ring is 1. The fourth-order valence-electron chi connectivity index (χ4n) is 2.31. The van der Waals surface area contributed by atoms with Gasteiger partial charge in [-0.1, -0.05) is 0 Å². The normalized spacial score (nSPS) is 20.9. The van der Waals surface area contributed by atoms with Crippen LogP contribution in [0.25, 0.3) is 5.65 Å². The highest BCUT2D eigenvalue weighted by molar-refractivity contribution is 9.10. The molecule has 90 valence electrons. The van der Waals surface area contributed by atoms with Gasteiger partial charge in [0.15, 0.2) is 0 Å². The molecule has 1 saturated heterocycles. The Morgan fingerprint density at radius 3 is 3.12 bits per heavy atom. The number of hydrogen-bond donors (Lipinski definition) is 1. The number of nitrogens with two attached hydrogens (primary N) is 1. The number of aromatic nitrogens is 2. The molecule has 0 amide bonds. The fourth-order valence-corrected chi connectivity index (χ4v) is 2.65. The second-order valence-corrected chi connectivity index (χ2v) is 5.29. The molecule has 1 fully saturated rings. The minimum atomic E-state index is 0.336. The molecule has 0 radical (unpaired) electrons. The quantitative estimate of drug-likeness (QED) is 0.880. The summed E-state index contributed by atoms with van der Waals surface area (Å²) in [5, 5.41) is 0. The van der Waals surface area contributed by atoms with Crippen molar-refractivity contribution < 1.29 is 4.74 Å². The van der Waals surface area contributed by atoms with Gasteiger partial charge in [-0.3, -0.25) is 4.40 Å². The van der Waals surface area contributed by atoms with E-state index in [2.05, 4.69) is 20.9 Å². The highest BCUT2D eigenvalue weighted by Crippen LogP contribution is 2.30. The Balaban J connectivity index is 2.07. The van der Waals surface area contributed by atoms with E-state index in [4.69, 9.17) is 10.5 Å². The lowest BCUT2D eigenvalue weighted by Crippen LogP contribution is -2.17. The van der Waals surface area contributed by atoms with Gasteiger partial charge in [0.25, 0.3) is 0 Å². The van der Waals surface area contributed by atoms with Gasteiger partial charge in [0.2, 0.25) is 0 Å². The summed E-state index contributed by atoms with van der Waals surface area (Å²) in [7, 11) is 0. The summed E-state index contributed by atoms with van der Waals surface area (Å²) < 4.78 is 8.42. The zero-order valence-electron chi connectivity index (χ0n) is 9.40. The Bertz CT molecular complexity index is 546. The van der Waals surface area contributed by atoms with Crippen LogP contribution in [0.4, 0.5) is 5.82 Å². The average Bonchev–Trinajstić information content (AvgIpc) is 2.68. The van der Waals surface area contributed by atoms with Crippen molar-refractivity contribution in [2.45, 2.75) is 18.8 Å². The van der Waals surface area contributed by atoms with E-state index in [-0.39, 0.29) is 0 Å². The molecular weight excluding hydrogens is 282 g/mol. The zero-order chi connectivity index (χ0) is 11.8. The van der Waals surface area contributed by atoms with Crippen molar-refractivity contribution in [3.8, 4) is 0 Å². The first kappa shape index (κ1) is 11.0. The molecule has 17 heavy (non-hydrogen) atoms. The van der Waals surface area contributed by atoms with E-state index in [0.717, 1.165) is 47.7 Å². The first-order chi connectivity index (χ1) is 8.25. The molecule has 5 heteroatoms. The third kappa shape index (κ3) is 1.93. The third-order valence-corrected chi connectivity index (χ3v) is 3.66. The van der Waals surface area contributed by atoms with Crippen LogP contribution >= 0.6 is 15.9 Å². The van der Waals surface area contributed by atoms with Crippen molar-refractivity contribution in [3.05, 3.63) is 28.5 Å². The number of imidazole rings is 1. The second kappa shape index (κ2) is 4.31. The molecule has 1 unspecified atom stereocenters. The van der Waals surface area contributed by atoms with Gasteiger partial charge < -0.3 is 10.5 Å². The number of ether oxygens (including phenoxy) is 1. The standard InChI is InChI=1S/C12H14BrN3O/c13-9-3-4-10-15-11(12(14)16(10)6-9)8-2-1-5-17-7-8/h3-4,6,8H,1-2,5,7,14H2. The number of rotatable bonds is 1. The van der Waals surface area contributed by atoms with Crippen LogP contribution in [0.1, 0.15) is 24.5 Å². The molecule has 4 nitrogen and oxygen atoms in total. The maximum atomic E-state index is 6.16. The summed E-state index contributed by atoms with van der Waals surface area (Å²) in [6.45, 7) is 1.59. The maximum absolute atomic E-state index is 6.16. The monoisotopic (exact) mass is 295 g/mol. The third-order valence-electron chi connectivity index (χ3n) is 3.19. The van der Waals surface area contributed by atoms with Gasteiger partial charge in [0.05, 0.1) is 12.3 Å². The molecule has 0 bridgehead atoms. The van der Waals surface area contributed by atoms with Crippen LogP contribution in [0.2, 0.25) is 0 Å². The number of pyridine rings is 1. The van der Waals surface area contributed by atoms with Crippen molar-refractivity contribution in [2.24, 2.45) is 0 Å². The average molecular weight is 296 g/mol. The molecule has 0 spiro atoms. The Kier molecular flexibility index (Phi) is 2.80. The molecule has 2 aromatic rings. The molecule has 3 heterocycles. The van der Waals surface area contributed by atoms with Gasteiger partial charge in [0.1, 0.15) is 11.5 Å². The molecule has 0 saturated carbocycles. The van der Waals surface area contributed by atoms with Gasteiger partial charge in [-0.15, -0.1) is 0 Å². The van der Waals surface area contributed by atoms with Crippen LogP contribution in [0, 0.1) is 0 Å². The number of hydrogen-bond acceptors (Lipinski definition) is 3. The fraction of sp³-hybridized carbons (Fsp3) is 0.417. The highest BCUT2D eigenvalue weighted by Gasteiger charge is 2.22. The van der Waals surface area contributed by atoms with E-state index in [1.165, 1.54) is 0 Å². The van der Waals surface area contributed by atoms with E-state index in [0.29, 0.717) is 5.92 Å². The molecule has 3 rings (SSSR count). The minimum absolute atomic E-state index is 0.336. The predicted octanol–water partition coefficient (Wildman–Crippen LogP) is 2.57. The zero-order valence-corrected chi connectivity index (χ0v) is 11.0. The van der Waals surface area contributed by atoms with Crippen molar-refractivity contribution in [2.75, 3.05) is 18.9 Å². The molecule has 2 N–H and O–H groups in total. The first-order valence-electron chi connectivity index (χ1n) is 5.76. The summed E-state index contributed by atoms with van der Waals surface area (Å²) in [6.07, 6.45) is 4.14. The molecule has 0 aliphatic carbocycles. The van der Waals surface area contributed by atoms with Crippen LogP contribution in [-0.2, 0) is 4.74 Å². The molecule has 1 aliphatic rings. The van der Waals surface area contributed by atoms with Crippen molar-refractivity contribution in [1.29, 1.82) is 0 Å². The highest BCUT2D eigenvalue weighted by atomic mass is 79.9. The Morgan fingerprint density at radius 1 is 1.47 bits per heavy atom. The molecular formula is C12H14BrN3O. The van der Waals surface area contributed by atoms with Gasteiger partial charge >= 0.3 is 0 Å². The molecule has 1 atom stereocenters. The van der Waals surface area contributed by atoms with Gasteiger partial charge in [-0.2, -0.15) is 0 Å². The van der Waals surface area contributed by atoms with E-state index in [9.17, 15) is 0 Å². The Labute approximate surface area is 108 Å². The Hall–Kier alpha value is -1.07. The van der Waals surface area contributed by atoms with Crippen LogP contribution in [0.3, 0.4) is 0 Å². The second-order valence-electron chi connectivity index (χ2n) is 4.37. The largest absolute Gasteiger partial charge is 0.383 e. The number of anilines is 1. The van der Waals surface area contributed by atoms with Crippen LogP contribution < -0.4 is 5.73 Å². The number of fused-ring (bicyclic) bond motifs is 1. The van der Waals surface area contributed by atoms with Crippen molar-refractivity contribution >= 4 is 27.4 Å². The van der Waals surface area contributed by atoms with Gasteiger partial charge in [-0.05, 0) is 40.9 Å². The van der Waals surface area contributed by atoms with Gasteiger partial charge in [0, 0.05) is 23.2 Å². The first-order valence-corrected chi connectivity index (χ1v) is 6.56. The molecule has 1 aliphatic heterocycles. The summed E-state index contributed by atoms with van der Waals surface area (Å²) in [6, 6.07) is 3.94. The minimum Gasteiger partial charge on any atom is -0.383 e. The molecule has 0 aromatic carbocycles. The summed E-state index contributed by atoms with van der Waals surface area (Å²) in [5.74, 6) is 1.07. The van der Waals surface area contributed by atoms with Crippen LogP contribution in [0.5, 0.6) is 0 Å². The van der Waals surface area contributed by atoms with E-state index >= 15 is 0 Å². The lowest BCUT2D eigenvalue weighted by atomic mass is 9.99.